The first-order chi connectivity index (χ1) is 15.8. The number of hydrogen-bond acceptors (Lipinski definition) is 6. The maximum atomic E-state index is 12.3. The van der Waals surface area contributed by atoms with Gasteiger partial charge in [0.15, 0.2) is 6.73 Å². The van der Waals surface area contributed by atoms with Crippen molar-refractivity contribution in [2.24, 2.45) is 0 Å². The van der Waals surface area contributed by atoms with Gasteiger partial charge in [-0.05, 0) is 36.1 Å². The largest absolute Gasteiger partial charge is 0.449 e. The lowest BCUT2D eigenvalue weighted by molar-refractivity contribution is -0.143. The highest BCUT2D eigenvalue weighted by molar-refractivity contribution is 5.90. The maximum Gasteiger partial charge on any atom is 0.407 e. The molecule has 0 radical (unpaired) electrons. The molecule has 2 aromatic carbocycles. The normalized spacial score (nSPS) is 13.7. The van der Waals surface area contributed by atoms with Crippen molar-refractivity contribution < 1.29 is 28.7 Å². The highest BCUT2D eigenvalue weighted by Gasteiger charge is 2.29. The topological polar surface area (TPSA) is 123 Å². The van der Waals surface area contributed by atoms with Crippen molar-refractivity contribution in [2.45, 2.75) is 38.8 Å². The zero-order valence-corrected chi connectivity index (χ0v) is 18.7. The maximum absolute atomic E-state index is 12.3. The van der Waals surface area contributed by atoms with Gasteiger partial charge >= 0.3 is 12.1 Å². The van der Waals surface area contributed by atoms with E-state index in [0.29, 0.717) is 0 Å². The van der Waals surface area contributed by atoms with Gasteiger partial charge in [0, 0.05) is 12.8 Å². The Morgan fingerprint density at radius 3 is 1.94 bits per heavy atom. The monoisotopic (exact) mass is 453 g/mol. The molecule has 0 heterocycles. The number of amides is 3. The molecule has 0 aliphatic heterocycles. The number of benzene rings is 2. The fraction of sp³-hybridized carbons (Fsp3) is 0.333. The summed E-state index contributed by atoms with van der Waals surface area (Å²) in [6.07, 6.45) is -0.730. The van der Waals surface area contributed by atoms with E-state index >= 15 is 0 Å². The summed E-state index contributed by atoms with van der Waals surface area (Å²) < 4.78 is 10.1. The number of alkyl carbamates (subject to hydrolysis) is 1. The number of carbonyl (C=O) groups is 4. The van der Waals surface area contributed by atoms with Crippen LogP contribution in [0, 0.1) is 0 Å². The van der Waals surface area contributed by atoms with Gasteiger partial charge in [0.05, 0.1) is 0 Å². The fourth-order valence-corrected chi connectivity index (χ4v) is 3.65. The molecular weight excluding hydrogens is 426 g/mol. The number of carbonyl (C=O) groups excluding carboxylic acids is 4. The Kier molecular flexibility index (Phi) is 7.66. The number of ether oxygens (including phenoxy) is 2. The Balaban J connectivity index is 1.49. The number of esters is 1. The van der Waals surface area contributed by atoms with Gasteiger partial charge in [-0.3, -0.25) is 14.4 Å². The number of rotatable bonds is 8. The highest BCUT2D eigenvalue weighted by atomic mass is 16.5. The van der Waals surface area contributed by atoms with E-state index in [0.717, 1.165) is 22.3 Å². The van der Waals surface area contributed by atoms with Crippen molar-refractivity contribution in [1.82, 2.24) is 16.0 Å². The molecule has 1 aliphatic rings. The van der Waals surface area contributed by atoms with Gasteiger partial charge in [-0.25, -0.2) is 4.79 Å². The summed E-state index contributed by atoms with van der Waals surface area (Å²) in [6.45, 7) is 4.01. The minimum atomic E-state index is -0.927. The molecule has 0 saturated heterocycles. The molecule has 0 bridgehead atoms. The van der Waals surface area contributed by atoms with Gasteiger partial charge in [-0.15, -0.1) is 0 Å². The Hall–Kier alpha value is -3.88. The van der Waals surface area contributed by atoms with E-state index in [2.05, 4.69) is 20.7 Å². The van der Waals surface area contributed by atoms with Crippen molar-refractivity contribution in [3.05, 3.63) is 59.7 Å². The molecule has 174 valence electrons. The summed E-state index contributed by atoms with van der Waals surface area (Å²) in [6, 6.07) is 14.2. The van der Waals surface area contributed by atoms with E-state index in [1.54, 1.807) is 0 Å². The van der Waals surface area contributed by atoms with Crippen molar-refractivity contribution >= 4 is 23.9 Å². The summed E-state index contributed by atoms with van der Waals surface area (Å²) in [4.78, 5) is 47.3. The Morgan fingerprint density at radius 2 is 1.36 bits per heavy atom. The average Bonchev–Trinajstić information content (AvgIpc) is 3.11. The summed E-state index contributed by atoms with van der Waals surface area (Å²) in [5, 5.41) is 7.32. The minimum Gasteiger partial charge on any atom is -0.449 e. The molecule has 0 fully saturated rings. The third kappa shape index (κ3) is 5.88. The highest BCUT2D eigenvalue weighted by Crippen LogP contribution is 2.44. The van der Waals surface area contributed by atoms with E-state index in [9.17, 15) is 19.2 Å². The smallest absolute Gasteiger partial charge is 0.407 e. The van der Waals surface area contributed by atoms with Gasteiger partial charge in [0.2, 0.25) is 11.8 Å². The zero-order valence-electron chi connectivity index (χ0n) is 18.7. The second-order valence-corrected chi connectivity index (χ2v) is 7.74. The molecule has 0 spiro atoms. The summed E-state index contributed by atoms with van der Waals surface area (Å²) in [5.41, 5.74) is 4.42. The van der Waals surface area contributed by atoms with E-state index < -0.39 is 36.0 Å². The van der Waals surface area contributed by atoms with Crippen LogP contribution < -0.4 is 16.0 Å². The van der Waals surface area contributed by atoms with E-state index in [-0.39, 0.29) is 19.3 Å². The van der Waals surface area contributed by atoms with Crippen molar-refractivity contribution in [1.29, 1.82) is 0 Å². The summed E-state index contributed by atoms with van der Waals surface area (Å²) in [7, 11) is 0. The first-order valence-electron chi connectivity index (χ1n) is 10.6. The van der Waals surface area contributed by atoms with Crippen molar-refractivity contribution in [3.8, 4) is 11.1 Å². The van der Waals surface area contributed by atoms with Crippen LogP contribution >= 0.6 is 0 Å². The third-order valence-electron chi connectivity index (χ3n) is 5.35. The SMILES string of the molecule is CC(=O)OCNC(=O)[C@H](C)NC(=O)[C@H](C)NC(=O)OCC1c2ccccc2-c2ccccc21. The lowest BCUT2D eigenvalue weighted by Crippen LogP contribution is -2.52. The Labute approximate surface area is 191 Å². The number of fused-ring (bicyclic) bond motifs is 3. The first-order valence-corrected chi connectivity index (χ1v) is 10.6. The molecule has 3 amide bonds. The second-order valence-electron chi connectivity index (χ2n) is 7.74. The number of nitrogens with one attached hydrogen (secondary N) is 3. The molecule has 9 nitrogen and oxygen atoms in total. The molecule has 2 aromatic rings. The van der Waals surface area contributed by atoms with Gasteiger partial charge in [0.1, 0.15) is 18.7 Å². The van der Waals surface area contributed by atoms with Crippen molar-refractivity contribution in [2.75, 3.05) is 13.3 Å². The van der Waals surface area contributed by atoms with Gasteiger partial charge in [-0.1, -0.05) is 48.5 Å². The zero-order chi connectivity index (χ0) is 24.0. The van der Waals surface area contributed by atoms with Crippen LogP contribution in [0.4, 0.5) is 4.79 Å². The van der Waals surface area contributed by atoms with E-state index in [1.165, 1.54) is 20.8 Å². The molecule has 33 heavy (non-hydrogen) atoms. The van der Waals surface area contributed by atoms with Crippen LogP contribution in [0.2, 0.25) is 0 Å². The molecule has 1 aliphatic carbocycles. The van der Waals surface area contributed by atoms with Crippen LogP contribution in [0.3, 0.4) is 0 Å². The average molecular weight is 453 g/mol. The first kappa shape index (κ1) is 23.8. The fourth-order valence-electron chi connectivity index (χ4n) is 3.65. The van der Waals surface area contributed by atoms with Gasteiger partial charge in [-0.2, -0.15) is 0 Å². The Bertz CT molecular complexity index is 1010. The standard InChI is InChI=1S/C24H27N3O6/c1-14(22(29)25-13-33-16(3)28)26-23(30)15(2)27-24(31)32-12-21-19-10-6-4-8-17(19)18-9-5-7-11-20(18)21/h4-11,14-15,21H,12-13H2,1-3H3,(H,25,29)(H,26,30)(H,27,31)/t14-,15-/m0/s1. The lowest BCUT2D eigenvalue weighted by Gasteiger charge is -2.19. The van der Waals surface area contributed by atoms with Gasteiger partial charge < -0.3 is 25.4 Å². The van der Waals surface area contributed by atoms with Crippen LogP contribution in [-0.2, 0) is 23.9 Å². The van der Waals surface area contributed by atoms with E-state index in [1.807, 2.05) is 48.5 Å². The molecule has 0 saturated carbocycles. The molecule has 3 rings (SSSR count). The molecule has 2 atom stereocenters. The molecular formula is C24H27N3O6. The van der Waals surface area contributed by atoms with Crippen LogP contribution in [0.15, 0.2) is 48.5 Å². The predicted molar refractivity (Wildman–Crippen MR) is 120 cm³/mol. The number of hydrogen-bond donors (Lipinski definition) is 3. The van der Waals surface area contributed by atoms with Crippen LogP contribution in [-0.4, -0.2) is 49.3 Å². The van der Waals surface area contributed by atoms with Gasteiger partial charge in [0.25, 0.3) is 0 Å². The quantitative estimate of drug-likeness (QED) is 0.415. The molecule has 9 heteroatoms. The second kappa shape index (κ2) is 10.6. The minimum absolute atomic E-state index is 0.0896. The van der Waals surface area contributed by atoms with Crippen LogP contribution in [0.5, 0.6) is 0 Å². The molecule has 3 N–H and O–H groups in total. The summed E-state index contributed by atoms with van der Waals surface area (Å²) in [5.74, 6) is -1.71. The molecule has 0 aromatic heterocycles. The van der Waals surface area contributed by atoms with Crippen molar-refractivity contribution in [3.63, 3.8) is 0 Å². The summed E-state index contributed by atoms with van der Waals surface area (Å²) >= 11 is 0. The third-order valence-corrected chi connectivity index (χ3v) is 5.35. The van der Waals surface area contributed by atoms with Crippen LogP contribution in [0.1, 0.15) is 37.8 Å². The van der Waals surface area contributed by atoms with Crippen LogP contribution in [0.25, 0.3) is 11.1 Å². The van der Waals surface area contributed by atoms with E-state index in [4.69, 9.17) is 4.74 Å². The predicted octanol–water partition coefficient (Wildman–Crippen LogP) is 2.06. The lowest BCUT2D eigenvalue weighted by atomic mass is 9.98. The molecule has 0 unspecified atom stereocenters. The Morgan fingerprint density at radius 1 is 0.818 bits per heavy atom.